The summed E-state index contributed by atoms with van der Waals surface area (Å²) in [6.07, 6.45) is 0.409. The fourth-order valence-corrected chi connectivity index (χ4v) is 1.47. The average Bonchev–Trinajstić information content (AvgIpc) is 2.25. The lowest BCUT2D eigenvalue weighted by Crippen LogP contribution is -2.48. The molecule has 118 valence electrons. The molecular formula is C14H29N3O3. The van der Waals surface area contributed by atoms with Crippen molar-refractivity contribution in [1.82, 2.24) is 15.5 Å². The highest BCUT2D eigenvalue weighted by Crippen LogP contribution is 2.06. The second-order valence-electron chi connectivity index (χ2n) is 6.19. The fraction of sp³-hybridized carbons (Fsp3) is 0.857. The highest BCUT2D eigenvalue weighted by Gasteiger charge is 2.19. The molecule has 0 aliphatic rings. The van der Waals surface area contributed by atoms with Gasteiger partial charge in [-0.15, -0.1) is 0 Å². The topological polar surface area (TPSA) is 70.7 Å². The first-order chi connectivity index (χ1) is 9.05. The van der Waals surface area contributed by atoms with Crippen LogP contribution in [-0.2, 0) is 4.74 Å². The molecule has 0 heterocycles. The lowest BCUT2D eigenvalue weighted by atomic mass is 10.2. The van der Waals surface area contributed by atoms with E-state index < -0.39 is 11.7 Å². The van der Waals surface area contributed by atoms with Crippen LogP contribution in [0, 0.1) is 0 Å². The van der Waals surface area contributed by atoms with Crippen molar-refractivity contribution in [3.63, 3.8) is 0 Å². The molecule has 0 radical (unpaired) electrons. The van der Waals surface area contributed by atoms with Crippen LogP contribution in [0.25, 0.3) is 0 Å². The summed E-state index contributed by atoms with van der Waals surface area (Å²) >= 11 is 0. The summed E-state index contributed by atoms with van der Waals surface area (Å²) in [5.74, 6) is 0. The van der Waals surface area contributed by atoms with Crippen molar-refractivity contribution in [3.8, 4) is 0 Å². The third-order valence-corrected chi connectivity index (χ3v) is 2.64. The Labute approximate surface area is 122 Å². The van der Waals surface area contributed by atoms with Gasteiger partial charge in [-0.2, -0.15) is 0 Å². The van der Waals surface area contributed by atoms with E-state index in [0.29, 0.717) is 6.54 Å². The van der Waals surface area contributed by atoms with Gasteiger partial charge in [0.1, 0.15) is 5.60 Å². The van der Waals surface area contributed by atoms with Crippen LogP contribution in [0.5, 0.6) is 0 Å². The van der Waals surface area contributed by atoms with E-state index in [9.17, 15) is 9.59 Å². The Hall–Kier alpha value is -1.46. The molecule has 2 unspecified atom stereocenters. The number of carbonyl (C=O) groups is 2. The Bertz CT molecular complexity index is 326. The predicted molar refractivity (Wildman–Crippen MR) is 79.7 cm³/mol. The van der Waals surface area contributed by atoms with Crippen LogP contribution in [0.2, 0.25) is 0 Å². The zero-order chi connectivity index (χ0) is 15.9. The number of urea groups is 1. The molecule has 0 saturated carbocycles. The van der Waals surface area contributed by atoms with Gasteiger partial charge in [0, 0.05) is 25.7 Å². The van der Waals surface area contributed by atoms with Crippen molar-refractivity contribution >= 4 is 12.1 Å². The number of amides is 3. The van der Waals surface area contributed by atoms with E-state index in [0.717, 1.165) is 6.42 Å². The van der Waals surface area contributed by atoms with Gasteiger partial charge >= 0.3 is 12.1 Å². The highest BCUT2D eigenvalue weighted by molar-refractivity contribution is 5.74. The summed E-state index contributed by atoms with van der Waals surface area (Å²) in [4.78, 5) is 25.0. The van der Waals surface area contributed by atoms with E-state index in [1.54, 1.807) is 11.9 Å². The predicted octanol–water partition coefficient (Wildman–Crippen LogP) is 2.34. The number of alkyl carbamates (subject to hydrolysis) is 1. The van der Waals surface area contributed by atoms with Gasteiger partial charge in [0.05, 0.1) is 0 Å². The van der Waals surface area contributed by atoms with Crippen molar-refractivity contribution in [3.05, 3.63) is 0 Å². The van der Waals surface area contributed by atoms with Gasteiger partial charge in [0.15, 0.2) is 0 Å². The molecule has 0 aromatic carbocycles. The standard InChI is InChI=1S/C14H29N3O3/c1-8-10(2)15-12(18)17(7)9-11(3)16-13(19)20-14(4,5)6/h10-11H,8-9H2,1-7H3,(H,15,18)(H,16,19). The second-order valence-corrected chi connectivity index (χ2v) is 6.19. The Morgan fingerprint density at radius 1 is 1.15 bits per heavy atom. The molecule has 0 aliphatic heterocycles. The van der Waals surface area contributed by atoms with Crippen LogP contribution in [-0.4, -0.2) is 48.3 Å². The van der Waals surface area contributed by atoms with Crippen molar-refractivity contribution in [1.29, 1.82) is 0 Å². The van der Waals surface area contributed by atoms with E-state index in [-0.39, 0.29) is 18.1 Å². The van der Waals surface area contributed by atoms with Gasteiger partial charge in [-0.1, -0.05) is 6.92 Å². The minimum absolute atomic E-state index is 0.138. The molecule has 0 fully saturated rings. The normalized spacial score (nSPS) is 14.2. The summed E-state index contributed by atoms with van der Waals surface area (Å²) < 4.78 is 5.16. The minimum atomic E-state index is -0.524. The fourth-order valence-electron chi connectivity index (χ4n) is 1.47. The third kappa shape index (κ3) is 8.61. The lowest BCUT2D eigenvalue weighted by Gasteiger charge is -2.26. The SMILES string of the molecule is CCC(C)NC(=O)N(C)CC(C)NC(=O)OC(C)(C)C. The Morgan fingerprint density at radius 2 is 1.70 bits per heavy atom. The molecule has 20 heavy (non-hydrogen) atoms. The molecule has 6 nitrogen and oxygen atoms in total. The smallest absolute Gasteiger partial charge is 0.407 e. The van der Waals surface area contributed by atoms with Crippen LogP contribution in [0.15, 0.2) is 0 Å². The monoisotopic (exact) mass is 287 g/mol. The van der Waals surface area contributed by atoms with Crippen molar-refractivity contribution in [2.75, 3.05) is 13.6 Å². The van der Waals surface area contributed by atoms with Crippen LogP contribution in [0.4, 0.5) is 9.59 Å². The molecule has 0 aromatic heterocycles. The first kappa shape index (κ1) is 18.5. The number of carbonyl (C=O) groups excluding carboxylic acids is 2. The van der Waals surface area contributed by atoms with Crippen LogP contribution in [0.1, 0.15) is 48.0 Å². The molecule has 0 bridgehead atoms. The average molecular weight is 287 g/mol. The van der Waals surface area contributed by atoms with Gasteiger partial charge in [-0.05, 0) is 41.0 Å². The number of ether oxygens (including phenoxy) is 1. The van der Waals surface area contributed by atoms with E-state index >= 15 is 0 Å². The number of likely N-dealkylation sites (N-methyl/N-ethyl adjacent to an activating group) is 1. The molecular weight excluding hydrogens is 258 g/mol. The van der Waals surface area contributed by atoms with Gasteiger partial charge in [0.25, 0.3) is 0 Å². The molecule has 0 saturated heterocycles. The molecule has 0 aromatic rings. The highest BCUT2D eigenvalue weighted by atomic mass is 16.6. The van der Waals surface area contributed by atoms with Gasteiger partial charge in [0.2, 0.25) is 0 Å². The zero-order valence-electron chi connectivity index (χ0n) is 13.7. The largest absolute Gasteiger partial charge is 0.444 e. The van der Waals surface area contributed by atoms with Gasteiger partial charge < -0.3 is 20.3 Å². The minimum Gasteiger partial charge on any atom is -0.444 e. The number of hydrogen-bond donors (Lipinski definition) is 2. The Morgan fingerprint density at radius 3 is 2.15 bits per heavy atom. The van der Waals surface area contributed by atoms with Gasteiger partial charge in [-0.25, -0.2) is 9.59 Å². The number of nitrogens with zero attached hydrogens (tertiary/aromatic N) is 1. The van der Waals surface area contributed by atoms with Gasteiger partial charge in [-0.3, -0.25) is 0 Å². The van der Waals surface area contributed by atoms with Crippen LogP contribution < -0.4 is 10.6 Å². The van der Waals surface area contributed by atoms with E-state index in [1.165, 1.54) is 0 Å². The molecule has 0 spiro atoms. The van der Waals surface area contributed by atoms with E-state index in [1.807, 2.05) is 41.5 Å². The molecule has 0 rings (SSSR count). The summed E-state index contributed by atoms with van der Waals surface area (Å²) in [6, 6.07) is -0.186. The number of hydrogen-bond acceptors (Lipinski definition) is 3. The molecule has 3 amide bonds. The first-order valence-corrected chi connectivity index (χ1v) is 7.06. The van der Waals surface area contributed by atoms with E-state index in [4.69, 9.17) is 4.74 Å². The molecule has 2 atom stereocenters. The Balaban J connectivity index is 4.16. The molecule has 2 N–H and O–H groups in total. The number of nitrogens with one attached hydrogen (secondary N) is 2. The first-order valence-electron chi connectivity index (χ1n) is 7.06. The van der Waals surface area contributed by atoms with Crippen molar-refractivity contribution in [2.45, 2.75) is 65.6 Å². The molecule has 6 heteroatoms. The third-order valence-electron chi connectivity index (χ3n) is 2.64. The number of rotatable bonds is 5. The maximum atomic E-state index is 11.8. The van der Waals surface area contributed by atoms with Crippen LogP contribution >= 0.6 is 0 Å². The maximum Gasteiger partial charge on any atom is 0.407 e. The lowest BCUT2D eigenvalue weighted by molar-refractivity contribution is 0.0501. The van der Waals surface area contributed by atoms with Crippen LogP contribution in [0.3, 0.4) is 0 Å². The quantitative estimate of drug-likeness (QED) is 0.815. The summed E-state index contributed by atoms with van der Waals surface area (Å²) in [7, 11) is 1.70. The van der Waals surface area contributed by atoms with E-state index in [2.05, 4.69) is 10.6 Å². The summed E-state index contributed by atoms with van der Waals surface area (Å²) in [6.45, 7) is 11.6. The Kier molecular flexibility index (Phi) is 7.39. The van der Waals surface area contributed by atoms with Crippen molar-refractivity contribution in [2.24, 2.45) is 0 Å². The zero-order valence-corrected chi connectivity index (χ0v) is 13.7. The molecule has 0 aliphatic carbocycles. The maximum absolute atomic E-state index is 11.8. The summed E-state index contributed by atoms with van der Waals surface area (Å²) in [5.41, 5.74) is -0.524. The summed E-state index contributed by atoms with van der Waals surface area (Å²) in [5, 5.41) is 5.58. The van der Waals surface area contributed by atoms with Crippen molar-refractivity contribution < 1.29 is 14.3 Å². The second kappa shape index (κ2) is 7.97.